The molecule has 0 amide bonds. The maximum absolute atomic E-state index is 6.45. The van der Waals surface area contributed by atoms with E-state index in [1.165, 1.54) is 5.39 Å². The summed E-state index contributed by atoms with van der Waals surface area (Å²) in [5.41, 5.74) is 10.0. The molecule has 0 aliphatic carbocycles. The first-order chi connectivity index (χ1) is 26.3. The van der Waals surface area contributed by atoms with E-state index in [0.29, 0.717) is 5.95 Å². The lowest BCUT2D eigenvalue weighted by molar-refractivity contribution is 0.669. The number of furan rings is 1. The van der Waals surface area contributed by atoms with Gasteiger partial charge in [0.15, 0.2) is 0 Å². The summed E-state index contributed by atoms with van der Waals surface area (Å²) < 4.78 is 11.1. The van der Waals surface area contributed by atoms with Gasteiger partial charge in [-0.25, -0.2) is 9.97 Å². The summed E-state index contributed by atoms with van der Waals surface area (Å²) in [5.74, 6) is 0.633. The normalized spacial score (nSPS) is 12.2. The van der Waals surface area contributed by atoms with Crippen molar-refractivity contribution < 1.29 is 4.42 Å². The molecule has 0 fully saturated rings. The number of rotatable bonds is 3. The van der Waals surface area contributed by atoms with Crippen molar-refractivity contribution in [2.45, 2.75) is 0 Å². The Labute approximate surface area is 302 Å². The van der Waals surface area contributed by atoms with Crippen LogP contribution in [0, 0.1) is 0 Å². The molecular formula is C48H28N4O. The zero-order valence-electron chi connectivity index (χ0n) is 28.4. The van der Waals surface area contributed by atoms with Crippen LogP contribution in [0.1, 0.15) is 0 Å². The van der Waals surface area contributed by atoms with E-state index in [2.05, 4.69) is 173 Å². The minimum absolute atomic E-state index is 0.633. The number of hydrogen-bond donors (Lipinski definition) is 0. The van der Waals surface area contributed by atoms with Crippen LogP contribution >= 0.6 is 0 Å². The molecule has 0 saturated carbocycles. The molecule has 4 aromatic heterocycles. The largest absolute Gasteiger partial charge is 0.456 e. The van der Waals surface area contributed by atoms with Gasteiger partial charge >= 0.3 is 0 Å². The molecule has 12 aromatic rings. The third-order valence-electron chi connectivity index (χ3n) is 10.9. The topological polar surface area (TPSA) is 48.8 Å². The minimum Gasteiger partial charge on any atom is -0.456 e. The predicted molar refractivity (Wildman–Crippen MR) is 218 cm³/mol. The standard InChI is InChI=1S/C48H28N4O/c1-3-14-30(15-4-1)45-42-32-18-8-7-13-29(32)23-26-37(42)49-48(50-45)52-38-21-11-9-19-33(38)34-24-25-36-43-39(51(47(36)46(34)52)31-16-5-2-6-17-31)27-28-41-44(43)35-20-10-12-22-40(35)53-41/h1-28H. The van der Waals surface area contributed by atoms with E-state index in [1.54, 1.807) is 0 Å². The van der Waals surface area contributed by atoms with Crippen LogP contribution in [0.25, 0.3) is 110 Å². The maximum Gasteiger partial charge on any atom is 0.235 e. The summed E-state index contributed by atoms with van der Waals surface area (Å²) in [7, 11) is 0. The van der Waals surface area contributed by atoms with E-state index in [0.717, 1.165) is 98.8 Å². The van der Waals surface area contributed by atoms with E-state index in [1.807, 2.05) is 6.07 Å². The van der Waals surface area contributed by atoms with Crippen molar-refractivity contribution in [2.24, 2.45) is 0 Å². The SMILES string of the molecule is c1ccc(-c2nc(-n3c4ccccc4c4ccc5c6c7c(ccc6n(-c6ccccc6)c5c43)oc3ccccc37)nc3ccc4ccccc4c23)cc1. The lowest BCUT2D eigenvalue weighted by Crippen LogP contribution is -2.05. The molecule has 0 atom stereocenters. The highest BCUT2D eigenvalue weighted by Gasteiger charge is 2.25. The van der Waals surface area contributed by atoms with Crippen molar-refractivity contribution in [1.29, 1.82) is 0 Å². The molecule has 0 N–H and O–H groups in total. The average molecular weight is 677 g/mol. The molecule has 53 heavy (non-hydrogen) atoms. The fourth-order valence-corrected chi connectivity index (χ4v) is 8.70. The molecule has 8 aromatic carbocycles. The predicted octanol–water partition coefficient (Wildman–Crippen LogP) is 12.5. The first-order valence-electron chi connectivity index (χ1n) is 17.9. The highest BCUT2D eigenvalue weighted by atomic mass is 16.3. The quantitative estimate of drug-likeness (QED) is 0.175. The van der Waals surface area contributed by atoms with Gasteiger partial charge in [-0.2, -0.15) is 0 Å². The van der Waals surface area contributed by atoms with Crippen LogP contribution in [0.3, 0.4) is 0 Å². The second-order valence-corrected chi connectivity index (χ2v) is 13.7. The first-order valence-corrected chi connectivity index (χ1v) is 17.9. The van der Waals surface area contributed by atoms with Crippen LogP contribution in [-0.4, -0.2) is 19.1 Å². The van der Waals surface area contributed by atoms with Gasteiger partial charge in [0.05, 0.1) is 33.3 Å². The zero-order valence-corrected chi connectivity index (χ0v) is 28.4. The van der Waals surface area contributed by atoms with Crippen molar-refractivity contribution in [3.63, 3.8) is 0 Å². The van der Waals surface area contributed by atoms with Gasteiger partial charge in [-0.3, -0.25) is 4.57 Å². The van der Waals surface area contributed by atoms with Gasteiger partial charge in [-0.15, -0.1) is 0 Å². The average Bonchev–Trinajstić information content (AvgIpc) is 3.88. The molecule has 0 radical (unpaired) electrons. The van der Waals surface area contributed by atoms with Gasteiger partial charge in [0.25, 0.3) is 0 Å². The van der Waals surface area contributed by atoms with Crippen LogP contribution in [0.4, 0.5) is 0 Å². The Morgan fingerprint density at radius 3 is 1.96 bits per heavy atom. The maximum atomic E-state index is 6.45. The Balaban J connectivity index is 1.31. The summed E-state index contributed by atoms with van der Waals surface area (Å²) in [6, 6.07) is 59.8. The molecule has 0 spiro atoms. The van der Waals surface area contributed by atoms with E-state index in [-0.39, 0.29) is 0 Å². The Hall–Kier alpha value is -7.24. The lowest BCUT2D eigenvalue weighted by Gasteiger charge is -2.15. The lowest BCUT2D eigenvalue weighted by atomic mass is 10.0. The Morgan fingerprint density at radius 1 is 0.396 bits per heavy atom. The summed E-state index contributed by atoms with van der Waals surface area (Å²) in [5, 5.41) is 10.2. The number of benzene rings is 8. The first kappa shape index (κ1) is 28.5. The fourth-order valence-electron chi connectivity index (χ4n) is 8.70. The van der Waals surface area contributed by atoms with Crippen LogP contribution < -0.4 is 0 Å². The van der Waals surface area contributed by atoms with Gasteiger partial charge in [0.1, 0.15) is 11.2 Å². The van der Waals surface area contributed by atoms with Gasteiger partial charge in [-0.1, -0.05) is 127 Å². The number of para-hydroxylation sites is 3. The number of hydrogen-bond acceptors (Lipinski definition) is 3. The van der Waals surface area contributed by atoms with Crippen LogP contribution in [-0.2, 0) is 0 Å². The number of aromatic nitrogens is 4. The van der Waals surface area contributed by atoms with E-state index in [9.17, 15) is 0 Å². The molecule has 0 saturated heterocycles. The summed E-state index contributed by atoms with van der Waals surface area (Å²) >= 11 is 0. The van der Waals surface area contributed by atoms with Gasteiger partial charge in [0, 0.05) is 49.0 Å². The van der Waals surface area contributed by atoms with E-state index >= 15 is 0 Å². The van der Waals surface area contributed by atoms with Crippen LogP contribution in [0.2, 0.25) is 0 Å². The van der Waals surface area contributed by atoms with Crippen molar-refractivity contribution >= 4 is 87.2 Å². The second-order valence-electron chi connectivity index (χ2n) is 13.7. The molecule has 246 valence electrons. The fraction of sp³-hybridized carbons (Fsp3) is 0. The van der Waals surface area contributed by atoms with Crippen LogP contribution in [0.5, 0.6) is 0 Å². The molecule has 4 heterocycles. The Bertz CT molecular complexity index is 3450. The molecule has 0 bridgehead atoms. The molecule has 12 rings (SSSR count). The second kappa shape index (κ2) is 10.6. The van der Waals surface area contributed by atoms with Crippen molar-refractivity contribution in [3.8, 4) is 22.9 Å². The van der Waals surface area contributed by atoms with Crippen molar-refractivity contribution in [2.75, 3.05) is 0 Å². The molecular weight excluding hydrogens is 649 g/mol. The summed E-state index contributed by atoms with van der Waals surface area (Å²) in [6.07, 6.45) is 0. The highest BCUT2D eigenvalue weighted by molar-refractivity contribution is 6.31. The Kier molecular flexibility index (Phi) is 5.71. The molecule has 5 heteroatoms. The van der Waals surface area contributed by atoms with Crippen LogP contribution in [0.15, 0.2) is 174 Å². The zero-order chi connectivity index (χ0) is 34.6. The highest BCUT2D eigenvalue weighted by Crippen LogP contribution is 2.45. The van der Waals surface area contributed by atoms with E-state index < -0.39 is 0 Å². The molecule has 0 aliphatic rings. The van der Waals surface area contributed by atoms with Gasteiger partial charge < -0.3 is 8.98 Å². The van der Waals surface area contributed by atoms with Gasteiger partial charge in [-0.05, 0) is 53.2 Å². The number of fused-ring (bicyclic) bond motifs is 14. The monoisotopic (exact) mass is 676 g/mol. The molecule has 0 unspecified atom stereocenters. The number of nitrogens with zero attached hydrogens (tertiary/aromatic N) is 4. The summed E-state index contributed by atoms with van der Waals surface area (Å²) in [6.45, 7) is 0. The van der Waals surface area contributed by atoms with Crippen molar-refractivity contribution in [3.05, 3.63) is 170 Å². The molecule has 0 aliphatic heterocycles. The Morgan fingerprint density at radius 2 is 1.09 bits per heavy atom. The van der Waals surface area contributed by atoms with Crippen molar-refractivity contribution in [1.82, 2.24) is 19.1 Å². The van der Waals surface area contributed by atoms with Gasteiger partial charge in [0.2, 0.25) is 5.95 Å². The third kappa shape index (κ3) is 3.91. The third-order valence-corrected chi connectivity index (χ3v) is 10.9. The smallest absolute Gasteiger partial charge is 0.235 e. The van der Waals surface area contributed by atoms with E-state index in [4.69, 9.17) is 14.4 Å². The summed E-state index contributed by atoms with van der Waals surface area (Å²) in [4.78, 5) is 11.0. The molecule has 5 nitrogen and oxygen atoms in total. The minimum atomic E-state index is 0.633.